The third kappa shape index (κ3) is 6.25. The monoisotopic (exact) mass is 517 g/mol. The molecule has 0 aliphatic heterocycles. The van der Waals surface area contributed by atoms with E-state index in [2.05, 4.69) is 15.5 Å². The van der Waals surface area contributed by atoms with E-state index < -0.39 is 0 Å². The van der Waals surface area contributed by atoms with Crippen LogP contribution in [0.4, 0.5) is 11.5 Å². The maximum atomic E-state index is 13.5. The van der Waals surface area contributed by atoms with Crippen molar-refractivity contribution in [1.82, 2.24) is 14.5 Å². The van der Waals surface area contributed by atoms with Gasteiger partial charge in [-0.15, -0.1) is 0 Å². The molecular weight excluding hydrogens is 486 g/mol. The lowest BCUT2D eigenvalue weighted by molar-refractivity contribution is -0.291. The highest BCUT2D eigenvalue weighted by Crippen LogP contribution is 2.21. The van der Waals surface area contributed by atoms with Crippen LogP contribution in [0.15, 0.2) is 72.0 Å². The Labute approximate surface area is 220 Å². The van der Waals surface area contributed by atoms with E-state index in [1.807, 2.05) is 61.0 Å². The number of nitrogens with one attached hydrogen (secondary N) is 1. The van der Waals surface area contributed by atoms with Crippen molar-refractivity contribution < 1.29 is 19.8 Å². The van der Waals surface area contributed by atoms with Gasteiger partial charge < -0.3 is 20.8 Å². The van der Waals surface area contributed by atoms with Gasteiger partial charge in [0, 0.05) is 36.6 Å². The van der Waals surface area contributed by atoms with Gasteiger partial charge in [-0.1, -0.05) is 11.2 Å². The molecule has 1 amide bonds. The number of nitrogens with zero attached hydrogens (tertiary/aromatic N) is 5. The molecule has 2 aromatic carbocycles. The minimum absolute atomic E-state index is 0.0534. The fourth-order valence-electron chi connectivity index (χ4n) is 3.95. The summed E-state index contributed by atoms with van der Waals surface area (Å²) in [5, 5.41) is 15.2. The van der Waals surface area contributed by atoms with Gasteiger partial charge in [0.2, 0.25) is 0 Å². The maximum Gasteiger partial charge on any atom is 0.259 e. The predicted molar refractivity (Wildman–Crippen MR) is 145 cm³/mol. The number of aryl methyl sites for hydroxylation is 1. The van der Waals surface area contributed by atoms with Crippen LogP contribution in [0.3, 0.4) is 0 Å². The van der Waals surface area contributed by atoms with E-state index in [1.54, 1.807) is 29.3 Å². The summed E-state index contributed by atoms with van der Waals surface area (Å²) in [6.45, 7) is 3.57. The van der Waals surface area contributed by atoms with Crippen LogP contribution in [0, 0.1) is 0 Å². The van der Waals surface area contributed by atoms with E-state index in [4.69, 9.17) is 25.7 Å². The molecule has 0 aliphatic carbocycles. The molecule has 11 heteroatoms. The van der Waals surface area contributed by atoms with Crippen molar-refractivity contribution in [2.45, 2.75) is 19.9 Å². The number of imidazole rings is 1. The van der Waals surface area contributed by atoms with Crippen molar-refractivity contribution in [3.05, 3.63) is 83.8 Å². The van der Waals surface area contributed by atoms with Crippen LogP contribution >= 0.6 is 0 Å². The number of fused-ring (bicyclic) bond motifs is 1. The average molecular weight is 518 g/mol. The predicted octanol–water partition coefficient (Wildman–Crippen LogP) is 3.68. The number of benzene rings is 2. The zero-order valence-corrected chi connectivity index (χ0v) is 21.4. The summed E-state index contributed by atoms with van der Waals surface area (Å²) < 4.78 is 1.99. The lowest BCUT2D eigenvalue weighted by atomic mass is 10.1. The van der Waals surface area contributed by atoms with E-state index in [0.717, 1.165) is 22.5 Å². The van der Waals surface area contributed by atoms with E-state index >= 15 is 0 Å². The minimum atomic E-state index is -0.168. The summed E-state index contributed by atoms with van der Waals surface area (Å²) in [7, 11) is 1.94. The van der Waals surface area contributed by atoms with Crippen molar-refractivity contribution in [3.63, 3.8) is 0 Å². The number of oxime groups is 1. The SMILES string of the molecule is CCOOCCCN(C(=O)c1ccc2c(c1)nc(CNc1ccc(C(N)=NO)cc1)n2C)c1ccccn1. The van der Waals surface area contributed by atoms with Crippen LogP contribution in [0.5, 0.6) is 0 Å². The molecule has 198 valence electrons. The molecule has 38 heavy (non-hydrogen) atoms. The van der Waals surface area contributed by atoms with E-state index in [9.17, 15) is 4.79 Å². The van der Waals surface area contributed by atoms with E-state index in [0.29, 0.717) is 49.7 Å². The highest BCUT2D eigenvalue weighted by molar-refractivity contribution is 6.07. The smallest absolute Gasteiger partial charge is 0.259 e. The molecule has 2 aromatic heterocycles. The van der Waals surface area contributed by atoms with Crippen molar-refractivity contribution >= 4 is 34.3 Å². The molecule has 0 atom stereocenters. The maximum absolute atomic E-state index is 13.5. The number of carbonyl (C=O) groups excluding carboxylic acids is 1. The van der Waals surface area contributed by atoms with Crippen LogP contribution in [0.25, 0.3) is 11.0 Å². The summed E-state index contributed by atoms with van der Waals surface area (Å²) in [5.74, 6) is 1.26. The number of hydrogen-bond acceptors (Lipinski definition) is 8. The number of rotatable bonds is 12. The molecule has 0 saturated carbocycles. The second-order valence-corrected chi connectivity index (χ2v) is 8.43. The Morgan fingerprint density at radius 3 is 2.63 bits per heavy atom. The zero-order chi connectivity index (χ0) is 26.9. The Hall–Kier alpha value is -4.48. The molecule has 0 fully saturated rings. The molecule has 0 bridgehead atoms. The van der Waals surface area contributed by atoms with Gasteiger partial charge in [-0.2, -0.15) is 0 Å². The Bertz CT molecular complexity index is 1390. The van der Waals surface area contributed by atoms with Gasteiger partial charge in [0.15, 0.2) is 5.84 Å². The number of nitrogens with two attached hydrogens (primary N) is 1. The van der Waals surface area contributed by atoms with Crippen molar-refractivity contribution in [2.24, 2.45) is 17.9 Å². The van der Waals surface area contributed by atoms with Crippen LogP contribution in [-0.4, -0.2) is 51.2 Å². The number of amidine groups is 1. The number of anilines is 2. The molecule has 4 aromatic rings. The number of carbonyl (C=O) groups is 1. The molecule has 0 spiro atoms. The molecule has 4 rings (SSSR count). The highest BCUT2D eigenvalue weighted by atomic mass is 17.2. The summed E-state index contributed by atoms with van der Waals surface area (Å²) in [5.41, 5.74) is 9.26. The van der Waals surface area contributed by atoms with Gasteiger partial charge in [-0.05, 0) is 67.9 Å². The van der Waals surface area contributed by atoms with Gasteiger partial charge in [-0.25, -0.2) is 19.7 Å². The lowest BCUT2D eigenvalue weighted by Crippen LogP contribution is -2.33. The Kier molecular flexibility index (Phi) is 8.85. The number of aromatic nitrogens is 3. The Morgan fingerprint density at radius 1 is 1.13 bits per heavy atom. The summed E-state index contributed by atoms with van der Waals surface area (Å²) in [4.78, 5) is 34.4. The normalized spacial score (nSPS) is 11.6. The molecular formula is C27H31N7O4. The van der Waals surface area contributed by atoms with Gasteiger partial charge in [0.1, 0.15) is 11.6 Å². The van der Waals surface area contributed by atoms with Crippen molar-refractivity contribution in [1.29, 1.82) is 0 Å². The van der Waals surface area contributed by atoms with Crippen LogP contribution < -0.4 is 16.0 Å². The lowest BCUT2D eigenvalue weighted by Gasteiger charge is -2.21. The number of hydrogen-bond donors (Lipinski definition) is 3. The number of pyridine rings is 1. The summed E-state index contributed by atoms with van der Waals surface area (Å²) in [6, 6.07) is 18.2. The quantitative estimate of drug-likeness (QED) is 0.0646. The van der Waals surface area contributed by atoms with Crippen LogP contribution in [-0.2, 0) is 23.4 Å². The number of amides is 1. The van der Waals surface area contributed by atoms with Gasteiger partial charge in [0.25, 0.3) is 5.91 Å². The van der Waals surface area contributed by atoms with E-state index in [1.165, 1.54) is 0 Å². The molecule has 2 heterocycles. The first kappa shape index (κ1) is 26.6. The minimum Gasteiger partial charge on any atom is -0.409 e. The molecule has 4 N–H and O–H groups in total. The molecule has 0 saturated heterocycles. The molecule has 0 aliphatic rings. The summed E-state index contributed by atoms with van der Waals surface area (Å²) in [6.07, 6.45) is 2.25. The first-order valence-corrected chi connectivity index (χ1v) is 12.3. The van der Waals surface area contributed by atoms with E-state index in [-0.39, 0.29) is 11.7 Å². The fourth-order valence-corrected chi connectivity index (χ4v) is 3.95. The second kappa shape index (κ2) is 12.7. The summed E-state index contributed by atoms with van der Waals surface area (Å²) >= 11 is 0. The average Bonchev–Trinajstić information content (AvgIpc) is 3.28. The molecule has 0 radical (unpaired) electrons. The first-order chi connectivity index (χ1) is 18.5. The van der Waals surface area contributed by atoms with Crippen LogP contribution in [0.2, 0.25) is 0 Å². The highest BCUT2D eigenvalue weighted by Gasteiger charge is 2.20. The first-order valence-electron chi connectivity index (χ1n) is 12.3. The second-order valence-electron chi connectivity index (χ2n) is 8.43. The fraction of sp³-hybridized carbons (Fsp3) is 0.259. The van der Waals surface area contributed by atoms with Crippen LogP contribution in [0.1, 0.15) is 35.1 Å². The third-order valence-corrected chi connectivity index (χ3v) is 5.94. The standard InChI is InChI=1S/C27H31N7O4/c1-3-37-38-16-6-15-34(24-7-4-5-14-29-24)27(35)20-10-13-23-22(17-20)31-25(33(23)2)18-30-21-11-8-19(9-12-21)26(28)32-36/h4-5,7-14,17,30,36H,3,6,15-16,18H2,1-2H3,(H2,28,32). The zero-order valence-electron chi connectivity index (χ0n) is 21.4. The van der Waals surface area contributed by atoms with Gasteiger partial charge in [0.05, 0.1) is 30.8 Å². The molecule has 11 nitrogen and oxygen atoms in total. The largest absolute Gasteiger partial charge is 0.409 e. The Balaban J connectivity index is 1.50. The Morgan fingerprint density at radius 2 is 1.92 bits per heavy atom. The van der Waals surface area contributed by atoms with Crippen molar-refractivity contribution in [3.8, 4) is 0 Å². The topological polar surface area (TPSA) is 140 Å². The van der Waals surface area contributed by atoms with Gasteiger partial charge in [-0.3, -0.25) is 9.69 Å². The van der Waals surface area contributed by atoms with Crippen molar-refractivity contribution in [2.75, 3.05) is 30.0 Å². The molecule has 0 unspecified atom stereocenters. The third-order valence-electron chi connectivity index (χ3n) is 5.94. The van der Waals surface area contributed by atoms with Gasteiger partial charge >= 0.3 is 0 Å².